The number of hydrogen-bond acceptors (Lipinski definition) is 2. The topological polar surface area (TPSA) is 66.4 Å². The van der Waals surface area contributed by atoms with Gasteiger partial charge in [-0.3, -0.25) is 4.79 Å². The molecule has 1 atom stereocenters. The van der Waals surface area contributed by atoms with Gasteiger partial charge in [-0.2, -0.15) is 0 Å². The zero-order valence-corrected chi connectivity index (χ0v) is 9.14. The van der Waals surface area contributed by atoms with Crippen LogP contribution in [0.5, 0.6) is 0 Å². The summed E-state index contributed by atoms with van der Waals surface area (Å²) in [5, 5.41) is 10.8. The van der Waals surface area contributed by atoms with Crippen molar-refractivity contribution < 1.29 is 14.7 Å². The minimum Gasteiger partial charge on any atom is -0.474 e. The van der Waals surface area contributed by atoms with E-state index < -0.39 is 11.9 Å². The van der Waals surface area contributed by atoms with Gasteiger partial charge < -0.3 is 10.4 Å². The molecular weight excluding hydrogens is 206 g/mol. The van der Waals surface area contributed by atoms with Crippen LogP contribution in [0, 0.1) is 0 Å². The number of aryl methyl sites for hydroxylation is 1. The van der Waals surface area contributed by atoms with E-state index in [1.54, 1.807) is 6.92 Å². The highest BCUT2D eigenvalue weighted by Crippen LogP contribution is 2.04. The number of carbonyl (C=O) groups excluding carboxylic acids is 1. The summed E-state index contributed by atoms with van der Waals surface area (Å²) in [6, 6.07) is 9.73. The van der Waals surface area contributed by atoms with Gasteiger partial charge in [0.1, 0.15) is 0 Å². The van der Waals surface area contributed by atoms with E-state index in [1.165, 1.54) is 5.56 Å². The van der Waals surface area contributed by atoms with Gasteiger partial charge in [0.15, 0.2) is 0 Å². The Morgan fingerprint density at radius 3 is 2.50 bits per heavy atom. The first kappa shape index (κ1) is 12.2. The monoisotopic (exact) mass is 221 g/mol. The molecule has 0 bridgehead atoms. The maximum Gasteiger partial charge on any atom is 0.394 e. The summed E-state index contributed by atoms with van der Waals surface area (Å²) >= 11 is 0. The van der Waals surface area contributed by atoms with E-state index in [0.29, 0.717) is 0 Å². The third-order valence-corrected chi connectivity index (χ3v) is 2.28. The Balaban J connectivity index is 2.33. The molecule has 1 aromatic carbocycles. The van der Waals surface area contributed by atoms with Crippen molar-refractivity contribution in [3.05, 3.63) is 35.9 Å². The first-order chi connectivity index (χ1) is 7.59. The molecule has 0 saturated carbocycles. The van der Waals surface area contributed by atoms with Crippen LogP contribution in [-0.4, -0.2) is 23.0 Å². The van der Waals surface area contributed by atoms with Gasteiger partial charge in [0.25, 0.3) is 0 Å². The van der Waals surface area contributed by atoms with Crippen LogP contribution in [-0.2, 0) is 16.0 Å². The molecule has 0 radical (unpaired) electrons. The molecule has 86 valence electrons. The quantitative estimate of drug-likeness (QED) is 0.751. The smallest absolute Gasteiger partial charge is 0.394 e. The number of benzene rings is 1. The number of amides is 1. The van der Waals surface area contributed by atoms with Crippen molar-refractivity contribution in [3.8, 4) is 0 Å². The third kappa shape index (κ3) is 4.13. The average Bonchev–Trinajstić information content (AvgIpc) is 2.27. The molecule has 0 unspecified atom stereocenters. The Labute approximate surface area is 94.3 Å². The molecule has 2 N–H and O–H groups in total. The molecule has 0 aliphatic rings. The Morgan fingerprint density at radius 1 is 1.31 bits per heavy atom. The Hall–Kier alpha value is -1.84. The molecular formula is C12H15NO3. The lowest BCUT2D eigenvalue weighted by Crippen LogP contribution is -2.37. The summed E-state index contributed by atoms with van der Waals surface area (Å²) in [7, 11) is 0. The first-order valence-electron chi connectivity index (χ1n) is 5.17. The van der Waals surface area contributed by atoms with Crippen molar-refractivity contribution in [1.29, 1.82) is 0 Å². The molecule has 0 heterocycles. The highest BCUT2D eigenvalue weighted by atomic mass is 16.4. The van der Waals surface area contributed by atoms with Crippen LogP contribution in [0.1, 0.15) is 18.9 Å². The molecule has 0 aromatic heterocycles. The van der Waals surface area contributed by atoms with Crippen LogP contribution >= 0.6 is 0 Å². The van der Waals surface area contributed by atoms with Crippen molar-refractivity contribution in [1.82, 2.24) is 5.32 Å². The lowest BCUT2D eigenvalue weighted by atomic mass is 10.1. The first-order valence-corrected chi connectivity index (χ1v) is 5.17. The van der Waals surface area contributed by atoms with Crippen LogP contribution in [0.15, 0.2) is 30.3 Å². The van der Waals surface area contributed by atoms with Crippen LogP contribution < -0.4 is 5.32 Å². The van der Waals surface area contributed by atoms with Crippen LogP contribution in [0.4, 0.5) is 0 Å². The molecule has 0 saturated heterocycles. The van der Waals surface area contributed by atoms with Gasteiger partial charge in [-0.25, -0.2) is 4.79 Å². The van der Waals surface area contributed by atoms with Gasteiger partial charge in [0.05, 0.1) is 0 Å². The number of nitrogens with one attached hydrogen (secondary N) is 1. The third-order valence-electron chi connectivity index (χ3n) is 2.28. The zero-order valence-electron chi connectivity index (χ0n) is 9.14. The molecule has 1 amide bonds. The Kier molecular flexibility index (Phi) is 4.51. The predicted molar refractivity (Wildman–Crippen MR) is 60.0 cm³/mol. The zero-order chi connectivity index (χ0) is 12.0. The number of carboxylic acid groups (broad SMARTS) is 1. The van der Waals surface area contributed by atoms with E-state index in [0.717, 1.165) is 12.8 Å². The van der Waals surface area contributed by atoms with Crippen LogP contribution in [0.2, 0.25) is 0 Å². The molecule has 16 heavy (non-hydrogen) atoms. The summed E-state index contributed by atoms with van der Waals surface area (Å²) in [5.74, 6) is -2.38. The molecule has 1 aromatic rings. The number of rotatable bonds is 4. The van der Waals surface area contributed by atoms with Crippen LogP contribution in [0.3, 0.4) is 0 Å². The minimum absolute atomic E-state index is 0.135. The van der Waals surface area contributed by atoms with Gasteiger partial charge in [-0.15, -0.1) is 0 Å². The van der Waals surface area contributed by atoms with E-state index in [1.807, 2.05) is 30.3 Å². The van der Waals surface area contributed by atoms with Crippen molar-refractivity contribution >= 4 is 11.9 Å². The summed E-state index contributed by atoms with van der Waals surface area (Å²) in [6.07, 6.45) is 1.55. The SMILES string of the molecule is C[C@H](CCc1ccccc1)NC(=O)C(=O)O. The van der Waals surface area contributed by atoms with Gasteiger partial charge in [-0.05, 0) is 25.3 Å². The predicted octanol–water partition coefficient (Wildman–Crippen LogP) is 1.21. The lowest BCUT2D eigenvalue weighted by molar-refractivity contribution is -0.150. The highest BCUT2D eigenvalue weighted by Gasteiger charge is 2.13. The van der Waals surface area contributed by atoms with Gasteiger partial charge in [0, 0.05) is 6.04 Å². The van der Waals surface area contributed by atoms with E-state index in [2.05, 4.69) is 5.32 Å². The molecule has 0 aliphatic heterocycles. The maximum atomic E-state index is 10.9. The van der Waals surface area contributed by atoms with Gasteiger partial charge in [0.2, 0.25) is 0 Å². The Morgan fingerprint density at radius 2 is 1.94 bits per heavy atom. The number of carboxylic acids is 1. The molecule has 4 nitrogen and oxygen atoms in total. The fourth-order valence-electron chi connectivity index (χ4n) is 1.39. The molecule has 1 rings (SSSR count). The van der Waals surface area contributed by atoms with Crippen molar-refractivity contribution in [2.45, 2.75) is 25.8 Å². The second-order valence-electron chi connectivity index (χ2n) is 3.70. The van der Waals surface area contributed by atoms with E-state index in [-0.39, 0.29) is 6.04 Å². The van der Waals surface area contributed by atoms with Crippen molar-refractivity contribution in [3.63, 3.8) is 0 Å². The molecule has 0 spiro atoms. The lowest BCUT2D eigenvalue weighted by Gasteiger charge is -2.11. The van der Waals surface area contributed by atoms with Crippen molar-refractivity contribution in [2.75, 3.05) is 0 Å². The fourth-order valence-corrected chi connectivity index (χ4v) is 1.39. The van der Waals surface area contributed by atoms with Gasteiger partial charge in [-0.1, -0.05) is 30.3 Å². The standard InChI is InChI=1S/C12H15NO3/c1-9(13-11(14)12(15)16)7-8-10-5-3-2-4-6-10/h2-6,9H,7-8H2,1H3,(H,13,14)(H,15,16)/t9-/m1/s1. The second-order valence-corrected chi connectivity index (χ2v) is 3.70. The maximum absolute atomic E-state index is 10.9. The Bertz CT molecular complexity index is 362. The summed E-state index contributed by atoms with van der Waals surface area (Å²) in [6.45, 7) is 1.80. The van der Waals surface area contributed by atoms with Crippen molar-refractivity contribution in [2.24, 2.45) is 0 Å². The number of carbonyl (C=O) groups is 2. The average molecular weight is 221 g/mol. The van der Waals surface area contributed by atoms with E-state index in [9.17, 15) is 9.59 Å². The second kappa shape index (κ2) is 5.90. The summed E-state index contributed by atoms with van der Waals surface area (Å²) < 4.78 is 0. The van der Waals surface area contributed by atoms with E-state index >= 15 is 0 Å². The normalized spacial score (nSPS) is 11.8. The van der Waals surface area contributed by atoms with E-state index in [4.69, 9.17) is 5.11 Å². The van der Waals surface area contributed by atoms with Gasteiger partial charge >= 0.3 is 11.9 Å². The molecule has 0 fully saturated rings. The van der Waals surface area contributed by atoms with Crippen LogP contribution in [0.25, 0.3) is 0 Å². The fraction of sp³-hybridized carbons (Fsp3) is 0.333. The largest absolute Gasteiger partial charge is 0.474 e. The minimum atomic E-state index is -1.44. The molecule has 4 heteroatoms. The highest BCUT2D eigenvalue weighted by molar-refractivity contribution is 6.31. The number of hydrogen-bond donors (Lipinski definition) is 2. The summed E-state index contributed by atoms with van der Waals surface area (Å²) in [4.78, 5) is 21.2. The number of aliphatic carboxylic acids is 1. The summed E-state index contributed by atoms with van der Waals surface area (Å²) in [5.41, 5.74) is 1.18. The molecule has 0 aliphatic carbocycles.